The van der Waals surface area contributed by atoms with E-state index in [2.05, 4.69) is 10.4 Å². The monoisotopic (exact) mass is 255 g/mol. The van der Waals surface area contributed by atoms with Gasteiger partial charge < -0.3 is 0 Å². The van der Waals surface area contributed by atoms with Crippen molar-refractivity contribution in [1.82, 2.24) is 15.1 Å². The second kappa shape index (κ2) is 4.68. The van der Waals surface area contributed by atoms with Gasteiger partial charge in [-0.15, -0.1) is 0 Å². The van der Waals surface area contributed by atoms with E-state index in [4.69, 9.17) is 0 Å². The lowest BCUT2D eigenvalue weighted by atomic mass is 10.1. The maximum absolute atomic E-state index is 11.8. The number of aromatic nitrogens is 2. The van der Waals surface area contributed by atoms with Gasteiger partial charge in [-0.3, -0.25) is 19.6 Å². The molecule has 0 saturated carbocycles. The molecular weight excluding hydrogens is 242 g/mol. The minimum absolute atomic E-state index is 0.211. The van der Waals surface area contributed by atoms with Crippen molar-refractivity contribution < 1.29 is 9.59 Å². The molecule has 96 valence electrons. The molecule has 19 heavy (non-hydrogen) atoms. The quantitative estimate of drug-likeness (QED) is 0.828. The van der Waals surface area contributed by atoms with Gasteiger partial charge >= 0.3 is 0 Å². The molecule has 0 aliphatic carbocycles. The fraction of sp³-hybridized carbons (Fsp3) is 0.214. The van der Waals surface area contributed by atoms with Crippen LogP contribution in [0.4, 0.5) is 0 Å². The van der Waals surface area contributed by atoms with E-state index in [0.29, 0.717) is 12.8 Å². The SMILES string of the molecule is O=C1CCC(n2cc(-c3ccccc3)cn2)C(=O)N1. The summed E-state index contributed by atoms with van der Waals surface area (Å²) in [5.41, 5.74) is 2.02. The van der Waals surface area contributed by atoms with E-state index in [-0.39, 0.29) is 11.8 Å². The highest BCUT2D eigenvalue weighted by molar-refractivity contribution is 5.99. The molecule has 5 nitrogen and oxygen atoms in total. The molecule has 1 unspecified atom stereocenters. The van der Waals surface area contributed by atoms with Crippen LogP contribution in [-0.2, 0) is 9.59 Å². The summed E-state index contributed by atoms with van der Waals surface area (Å²) in [6, 6.07) is 9.46. The highest BCUT2D eigenvalue weighted by Crippen LogP contribution is 2.22. The lowest BCUT2D eigenvalue weighted by molar-refractivity contribution is -0.135. The number of benzene rings is 1. The highest BCUT2D eigenvalue weighted by Gasteiger charge is 2.28. The number of nitrogens with one attached hydrogen (secondary N) is 1. The fourth-order valence-electron chi connectivity index (χ4n) is 2.22. The van der Waals surface area contributed by atoms with Crippen molar-refractivity contribution in [3.63, 3.8) is 0 Å². The van der Waals surface area contributed by atoms with E-state index in [1.165, 1.54) is 0 Å². The van der Waals surface area contributed by atoms with Crippen molar-refractivity contribution in [3.05, 3.63) is 42.7 Å². The molecule has 3 rings (SSSR count). The van der Waals surface area contributed by atoms with Crippen molar-refractivity contribution >= 4 is 11.8 Å². The zero-order chi connectivity index (χ0) is 13.2. The molecule has 1 atom stereocenters. The van der Waals surface area contributed by atoms with E-state index in [1.54, 1.807) is 10.9 Å². The van der Waals surface area contributed by atoms with Crippen molar-refractivity contribution in [3.8, 4) is 11.1 Å². The first-order chi connectivity index (χ1) is 9.24. The van der Waals surface area contributed by atoms with Gasteiger partial charge in [0.1, 0.15) is 6.04 Å². The number of amides is 2. The van der Waals surface area contributed by atoms with Crippen molar-refractivity contribution in [2.45, 2.75) is 18.9 Å². The largest absolute Gasteiger partial charge is 0.295 e. The minimum Gasteiger partial charge on any atom is -0.295 e. The Morgan fingerprint density at radius 1 is 1.16 bits per heavy atom. The van der Waals surface area contributed by atoms with Gasteiger partial charge in [0.15, 0.2) is 0 Å². The summed E-state index contributed by atoms with van der Waals surface area (Å²) < 4.78 is 1.63. The number of hydrogen-bond donors (Lipinski definition) is 1. The summed E-state index contributed by atoms with van der Waals surface area (Å²) in [5.74, 6) is -0.490. The molecule has 5 heteroatoms. The van der Waals surface area contributed by atoms with Crippen LogP contribution in [0, 0.1) is 0 Å². The molecule has 1 aromatic carbocycles. The number of carbonyl (C=O) groups excluding carboxylic acids is 2. The van der Waals surface area contributed by atoms with Gasteiger partial charge in [0, 0.05) is 18.2 Å². The maximum atomic E-state index is 11.8. The van der Waals surface area contributed by atoms with Crippen LogP contribution in [0.25, 0.3) is 11.1 Å². The zero-order valence-corrected chi connectivity index (χ0v) is 10.2. The van der Waals surface area contributed by atoms with Gasteiger partial charge in [-0.25, -0.2) is 0 Å². The summed E-state index contributed by atoms with van der Waals surface area (Å²) in [4.78, 5) is 22.9. The highest BCUT2D eigenvalue weighted by atomic mass is 16.2. The van der Waals surface area contributed by atoms with Crippen LogP contribution in [0.3, 0.4) is 0 Å². The average Bonchev–Trinajstić information content (AvgIpc) is 2.89. The Morgan fingerprint density at radius 3 is 2.68 bits per heavy atom. The van der Waals surface area contributed by atoms with Crippen LogP contribution in [0.5, 0.6) is 0 Å². The average molecular weight is 255 g/mol. The number of nitrogens with zero attached hydrogens (tertiary/aromatic N) is 2. The number of imide groups is 1. The Hall–Kier alpha value is -2.43. The van der Waals surface area contributed by atoms with E-state index < -0.39 is 6.04 Å². The molecule has 1 saturated heterocycles. The smallest absolute Gasteiger partial charge is 0.251 e. The third kappa shape index (κ3) is 2.27. The topological polar surface area (TPSA) is 64.0 Å². The van der Waals surface area contributed by atoms with E-state index in [1.807, 2.05) is 36.5 Å². The van der Waals surface area contributed by atoms with Gasteiger partial charge in [0.05, 0.1) is 6.20 Å². The normalized spacial score (nSPS) is 19.3. The Labute approximate surface area is 110 Å². The molecule has 0 radical (unpaired) electrons. The lowest BCUT2D eigenvalue weighted by Crippen LogP contribution is -2.41. The number of rotatable bonds is 2. The third-order valence-electron chi connectivity index (χ3n) is 3.24. The van der Waals surface area contributed by atoms with Gasteiger partial charge in [0.25, 0.3) is 5.91 Å². The lowest BCUT2D eigenvalue weighted by Gasteiger charge is -2.20. The number of hydrogen-bond acceptors (Lipinski definition) is 3. The van der Waals surface area contributed by atoms with Crippen LogP contribution in [0.2, 0.25) is 0 Å². The molecule has 1 N–H and O–H groups in total. The first kappa shape index (κ1) is 11.6. The maximum Gasteiger partial charge on any atom is 0.251 e. The van der Waals surface area contributed by atoms with Gasteiger partial charge in [0.2, 0.25) is 5.91 Å². The van der Waals surface area contributed by atoms with Crippen LogP contribution >= 0.6 is 0 Å². The second-order valence-electron chi connectivity index (χ2n) is 4.54. The molecule has 2 aromatic rings. The van der Waals surface area contributed by atoms with E-state index >= 15 is 0 Å². The molecular formula is C14H13N3O2. The molecule has 2 amide bonds. The molecule has 1 fully saturated rings. The number of piperidine rings is 1. The Kier molecular flexibility index (Phi) is 2.87. The van der Waals surface area contributed by atoms with Gasteiger partial charge in [-0.1, -0.05) is 30.3 Å². The standard InChI is InChI=1S/C14H13N3O2/c18-13-7-6-12(14(19)16-13)17-9-11(8-15-17)10-4-2-1-3-5-10/h1-5,8-9,12H,6-7H2,(H,16,18,19). The molecule has 1 aliphatic rings. The van der Waals surface area contributed by atoms with Crippen LogP contribution < -0.4 is 5.32 Å². The van der Waals surface area contributed by atoms with E-state index in [9.17, 15) is 9.59 Å². The van der Waals surface area contributed by atoms with Crippen molar-refractivity contribution in [1.29, 1.82) is 0 Å². The van der Waals surface area contributed by atoms with Crippen molar-refractivity contribution in [2.75, 3.05) is 0 Å². The number of carbonyl (C=O) groups is 2. The Balaban J connectivity index is 1.86. The Morgan fingerprint density at radius 2 is 1.95 bits per heavy atom. The minimum atomic E-state index is -0.393. The first-order valence-corrected chi connectivity index (χ1v) is 6.17. The third-order valence-corrected chi connectivity index (χ3v) is 3.24. The fourth-order valence-corrected chi connectivity index (χ4v) is 2.22. The summed E-state index contributed by atoms with van der Waals surface area (Å²) in [7, 11) is 0. The van der Waals surface area contributed by atoms with Crippen LogP contribution in [0.15, 0.2) is 42.7 Å². The molecule has 0 bridgehead atoms. The first-order valence-electron chi connectivity index (χ1n) is 6.17. The molecule has 1 aliphatic heterocycles. The predicted octanol–water partition coefficient (Wildman–Crippen LogP) is 1.53. The molecule has 0 spiro atoms. The van der Waals surface area contributed by atoms with Gasteiger partial charge in [-0.2, -0.15) is 5.10 Å². The predicted molar refractivity (Wildman–Crippen MR) is 69.1 cm³/mol. The Bertz CT molecular complexity index is 619. The van der Waals surface area contributed by atoms with Gasteiger partial charge in [-0.05, 0) is 12.0 Å². The summed E-state index contributed by atoms with van der Waals surface area (Å²) in [6.45, 7) is 0. The zero-order valence-electron chi connectivity index (χ0n) is 10.2. The molecule has 1 aromatic heterocycles. The summed E-state index contributed by atoms with van der Waals surface area (Å²) >= 11 is 0. The van der Waals surface area contributed by atoms with Crippen LogP contribution in [-0.4, -0.2) is 21.6 Å². The second-order valence-corrected chi connectivity index (χ2v) is 4.54. The summed E-state index contributed by atoms with van der Waals surface area (Å²) in [5, 5.41) is 6.57. The van der Waals surface area contributed by atoms with Crippen molar-refractivity contribution in [2.24, 2.45) is 0 Å². The summed E-state index contributed by atoms with van der Waals surface area (Å²) in [6.07, 6.45) is 4.44. The van der Waals surface area contributed by atoms with Crippen LogP contribution in [0.1, 0.15) is 18.9 Å². The molecule has 2 heterocycles. The van der Waals surface area contributed by atoms with E-state index in [0.717, 1.165) is 11.1 Å².